The first-order chi connectivity index (χ1) is 11.0. The molecule has 122 valence electrons. The maximum Gasteiger partial charge on any atom is 0.335 e. The Kier molecular flexibility index (Phi) is 5.87. The van der Waals surface area contributed by atoms with E-state index < -0.39 is 5.97 Å². The van der Waals surface area contributed by atoms with Gasteiger partial charge in [0, 0.05) is 6.54 Å². The van der Waals surface area contributed by atoms with Gasteiger partial charge in [-0.25, -0.2) is 4.79 Å². The fraction of sp³-hybridized carbons (Fsp3) is 0.235. The minimum Gasteiger partial charge on any atom is -0.495 e. The molecule has 0 heterocycles. The molecule has 2 aromatic rings. The van der Waals surface area contributed by atoms with Gasteiger partial charge >= 0.3 is 5.97 Å². The molecule has 6 heteroatoms. The number of methoxy groups -OCH3 is 1. The van der Waals surface area contributed by atoms with Gasteiger partial charge in [0.2, 0.25) is 0 Å². The van der Waals surface area contributed by atoms with E-state index in [9.17, 15) is 4.79 Å². The van der Waals surface area contributed by atoms with E-state index in [1.54, 1.807) is 19.2 Å². The lowest BCUT2D eigenvalue weighted by atomic mass is 10.1. The van der Waals surface area contributed by atoms with E-state index in [2.05, 4.69) is 21.2 Å². The van der Waals surface area contributed by atoms with Gasteiger partial charge in [0.05, 0.1) is 29.4 Å². The lowest BCUT2D eigenvalue weighted by Crippen LogP contribution is -2.04. The Balaban J connectivity index is 2.15. The lowest BCUT2D eigenvalue weighted by molar-refractivity contribution is 0.0697. The first-order valence-corrected chi connectivity index (χ1v) is 7.91. The van der Waals surface area contributed by atoms with Crippen LogP contribution < -0.4 is 14.8 Å². The molecule has 0 fully saturated rings. The second kappa shape index (κ2) is 7.87. The molecule has 0 bridgehead atoms. The van der Waals surface area contributed by atoms with E-state index in [1.807, 2.05) is 25.1 Å². The third-order valence-electron chi connectivity index (χ3n) is 3.23. The predicted octanol–water partition coefficient (Wildman–Crippen LogP) is 4.17. The van der Waals surface area contributed by atoms with E-state index in [1.165, 1.54) is 6.07 Å². The molecule has 0 atom stereocenters. The summed E-state index contributed by atoms with van der Waals surface area (Å²) in [6.45, 7) is 3.07. The molecular weight excluding hydrogens is 362 g/mol. The van der Waals surface area contributed by atoms with E-state index in [4.69, 9.17) is 14.6 Å². The molecule has 0 aliphatic carbocycles. The highest BCUT2D eigenvalue weighted by atomic mass is 79.9. The third-order valence-corrected chi connectivity index (χ3v) is 3.85. The molecule has 0 unspecified atom stereocenters. The molecule has 23 heavy (non-hydrogen) atoms. The summed E-state index contributed by atoms with van der Waals surface area (Å²) in [5.41, 5.74) is 1.88. The van der Waals surface area contributed by atoms with Crippen molar-refractivity contribution in [1.29, 1.82) is 0 Å². The quantitative estimate of drug-likeness (QED) is 0.755. The number of carboxylic acids is 1. The smallest absolute Gasteiger partial charge is 0.335 e. The summed E-state index contributed by atoms with van der Waals surface area (Å²) in [6, 6.07) is 10.5. The molecule has 2 N–H and O–H groups in total. The Morgan fingerprint density at radius 2 is 1.96 bits per heavy atom. The number of rotatable bonds is 7. The fourth-order valence-corrected chi connectivity index (χ4v) is 2.64. The second-order valence-electron chi connectivity index (χ2n) is 4.77. The molecule has 0 aliphatic heterocycles. The first kappa shape index (κ1) is 17.1. The van der Waals surface area contributed by atoms with Crippen LogP contribution in [0.3, 0.4) is 0 Å². The zero-order valence-electron chi connectivity index (χ0n) is 12.9. The number of benzene rings is 2. The minimum absolute atomic E-state index is 0.209. The largest absolute Gasteiger partial charge is 0.495 e. The summed E-state index contributed by atoms with van der Waals surface area (Å²) in [7, 11) is 1.55. The molecule has 2 rings (SSSR count). The maximum atomic E-state index is 11.1. The minimum atomic E-state index is -0.973. The van der Waals surface area contributed by atoms with Crippen LogP contribution in [0.4, 0.5) is 5.69 Å². The normalized spacial score (nSPS) is 10.2. The standard InChI is InChI=1S/C17H18BrNO4/c1-3-23-15-6-4-11(8-13(15)18)10-19-14-9-12(17(20)21)5-7-16(14)22-2/h4-9,19H,3,10H2,1-2H3,(H,20,21). The SMILES string of the molecule is CCOc1ccc(CNc2cc(C(=O)O)ccc2OC)cc1Br. The van der Waals surface area contributed by atoms with E-state index in [0.717, 1.165) is 15.8 Å². The molecule has 5 nitrogen and oxygen atoms in total. The third kappa shape index (κ3) is 4.39. The highest BCUT2D eigenvalue weighted by molar-refractivity contribution is 9.10. The molecule has 0 saturated carbocycles. The first-order valence-electron chi connectivity index (χ1n) is 7.11. The van der Waals surface area contributed by atoms with Gasteiger partial charge in [-0.3, -0.25) is 0 Å². The summed E-state index contributed by atoms with van der Waals surface area (Å²) >= 11 is 3.48. The van der Waals surface area contributed by atoms with E-state index >= 15 is 0 Å². The summed E-state index contributed by atoms with van der Waals surface area (Å²) in [5.74, 6) is 0.418. The topological polar surface area (TPSA) is 67.8 Å². The number of hydrogen-bond donors (Lipinski definition) is 2. The summed E-state index contributed by atoms with van der Waals surface area (Å²) in [6.07, 6.45) is 0. The Labute approximate surface area is 143 Å². The van der Waals surface area contributed by atoms with Crippen LogP contribution >= 0.6 is 15.9 Å². The van der Waals surface area contributed by atoms with Gasteiger partial charge in [0.15, 0.2) is 0 Å². The molecule has 0 radical (unpaired) electrons. The zero-order valence-corrected chi connectivity index (χ0v) is 14.5. The van der Waals surface area contributed by atoms with Gasteiger partial charge in [-0.2, -0.15) is 0 Å². The molecule has 0 aliphatic rings. The van der Waals surface area contributed by atoms with Gasteiger partial charge in [0.25, 0.3) is 0 Å². The van der Waals surface area contributed by atoms with Crippen LogP contribution in [0.1, 0.15) is 22.8 Å². The van der Waals surface area contributed by atoms with Crippen LogP contribution in [0.25, 0.3) is 0 Å². The summed E-state index contributed by atoms with van der Waals surface area (Å²) < 4.78 is 11.6. The molecule has 0 saturated heterocycles. The van der Waals surface area contributed by atoms with Crippen molar-refractivity contribution in [3.63, 3.8) is 0 Å². The van der Waals surface area contributed by atoms with E-state index in [0.29, 0.717) is 24.6 Å². The number of carbonyl (C=O) groups is 1. The van der Waals surface area contributed by atoms with Gasteiger partial charge in [0.1, 0.15) is 11.5 Å². The fourth-order valence-electron chi connectivity index (χ4n) is 2.10. The molecule has 0 aromatic heterocycles. The van der Waals surface area contributed by atoms with Crippen LogP contribution in [0.15, 0.2) is 40.9 Å². The number of carboxylic acid groups (broad SMARTS) is 1. The van der Waals surface area contributed by atoms with Crippen molar-refractivity contribution in [1.82, 2.24) is 0 Å². The van der Waals surface area contributed by atoms with Crippen molar-refractivity contribution in [2.45, 2.75) is 13.5 Å². The van der Waals surface area contributed by atoms with Gasteiger partial charge < -0.3 is 19.9 Å². The summed E-state index contributed by atoms with van der Waals surface area (Å²) in [5, 5.41) is 12.3. The molecule has 0 spiro atoms. The van der Waals surface area contributed by atoms with Gasteiger partial charge in [-0.15, -0.1) is 0 Å². The molecule has 2 aromatic carbocycles. The van der Waals surface area contributed by atoms with Crippen molar-refractivity contribution in [2.24, 2.45) is 0 Å². The molecule has 0 amide bonds. The van der Waals surface area contributed by atoms with Crippen LogP contribution in [0, 0.1) is 0 Å². The lowest BCUT2D eigenvalue weighted by Gasteiger charge is -2.13. The van der Waals surface area contributed by atoms with Gasteiger partial charge in [-0.1, -0.05) is 6.07 Å². The Morgan fingerprint density at radius 1 is 1.22 bits per heavy atom. The molecular formula is C17H18BrNO4. The number of aromatic carboxylic acids is 1. The predicted molar refractivity (Wildman–Crippen MR) is 92.6 cm³/mol. The number of ether oxygens (including phenoxy) is 2. The van der Waals surface area contributed by atoms with Crippen LogP contribution in [-0.4, -0.2) is 24.8 Å². The van der Waals surface area contributed by atoms with Crippen LogP contribution in [0.5, 0.6) is 11.5 Å². The van der Waals surface area contributed by atoms with Gasteiger partial charge in [-0.05, 0) is 58.7 Å². The highest BCUT2D eigenvalue weighted by Crippen LogP contribution is 2.28. The van der Waals surface area contributed by atoms with Crippen molar-refractivity contribution in [2.75, 3.05) is 19.0 Å². The maximum absolute atomic E-state index is 11.1. The van der Waals surface area contributed by atoms with Crippen LogP contribution in [-0.2, 0) is 6.54 Å². The van der Waals surface area contributed by atoms with Crippen molar-refractivity contribution in [3.05, 3.63) is 52.0 Å². The summed E-state index contributed by atoms with van der Waals surface area (Å²) in [4.78, 5) is 11.1. The van der Waals surface area contributed by atoms with Crippen molar-refractivity contribution >= 4 is 27.6 Å². The van der Waals surface area contributed by atoms with E-state index in [-0.39, 0.29) is 5.56 Å². The monoisotopic (exact) mass is 379 g/mol. The Morgan fingerprint density at radius 3 is 2.57 bits per heavy atom. The second-order valence-corrected chi connectivity index (χ2v) is 5.63. The zero-order chi connectivity index (χ0) is 16.8. The number of hydrogen-bond acceptors (Lipinski definition) is 4. The van der Waals surface area contributed by atoms with Crippen LogP contribution in [0.2, 0.25) is 0 Å². The van der Waals surface area contributed by atoms with Crippen molar-refractivity contribution < 1.29 is 19.4 Å². The number of nitrogens with one attached hydrogen (secondary N) is 1. The number of halogens is 1. The van der Waals surface area contributed by atoms with Crippen molar-refractivity contribution in [3.8, 4) is 11.5 Å². The average Bonchev–Trinajstić information content (AvgIpc) is 2.55. The highest BCUT2D eigenvalue weighted by Gasteiger charge is 2.09. The number of anilines is 1. The Hall–Kier alpha value is -2.21. The Bertz CT molecular complexity index is 703. The average molecular weight is 380 g/mol.